The van der Waals surface area contributed by atoms with Crippen LogP contribution in [0.5, 0.6) is 0 Å². The summed E-state index contributed by atoms with van der Waals surface area (Å²) in [6, 6.07) is 12.0. The van der Waals surface area contributed by atoms with E-state index in [9.17, 15) is 4.79 Å². The molecule has 3 rings (SSSR count). The second kappa shape index (κ2) is 6.18. The molecule has 3 nitrogen and oxygen atoms in total. The van der Waals surface area contributed by atoms with Crippen molar-refractivity contribution >= 4 is 48.5 Å². The summed E-state index contributed by atoms with van der Waals surface area (Å²) >= 11 is 4.91. The Morgan fingerprint density at radius 2 is 1.95 bits per heavy atom. The second-order valence-corrected chi connectivity index (χ2v) is 7.25. The predicted octanol–water partition coefficient (Wildman–Crippen LogP) is 4.86. The zero-order valence-electron chi connectivity index (χ0n) is 12.3. The van der Waals surface area contributed by atoms with Gasteiger partial charge < -0.3 is 5.32 Å². The maximum absolute atomic E-state index is 12.1. The van der Waals surface area contributed by atoms with Crippen molar-refractivity contribution in [3.8, 4) is 0 Å². The lowest BCUT2D eigenvalue weighted by Gasteiger charge is -2.02. The van der Waals surface area contributed by atoms with Crippen LogP contribution in [0.25, 0.3) is 10.2 Å². The van der Waals surface area contributed by atoms with E-state index in [0.29, 0.717) is 11.6 Å². The first-order valence-electron chi connectivity index (χ1n) is 6.93. The topological polar surface area (TPSA) is 42.0 Å². The Balaban J connectivity index is 1.76. The van der Waals surface area contributed by atoms with Gasteiger partial charge in [-0.15, -0.1) is 0 Å². The average Bonchev–Trinajstić information content (AvgIpc) is 2.84. The van der Waals surface area contributed by atoms with Crippen LogP contribution in [0, 0.1) is 13.8 Å². The number of nitrogens with zero attached hydrogens (tertiary/aromatic N) is 1. The van der Waals surface area contributed by atoms with Crippen molar-refractivity contribution in [1.29, 1.82) is 0 Å². The molecule has 0 aliphatic heterocycles. The summed E-state index contributed by atoms with van der Waals surface area (Å²) < 4.78 is 2.12. The fourth-order valence-corrected chi connectivity index (χ4v) is 3.70. The molecule has 5 heteroatoms. The third-order valence-corrected chi connectivity index (χ3v) is 4.80. The standard InChI is InChI=1S/C17H15BrN2OS/c1-10-7-11(2)16-14(8-10)22-17(20-16)19-15(21)9-12-3-5-13(18)6-4-12/h3-8H,9H2,1-2H3,(H,19,20,21). The first-order valence-corrected chi connectivity index (χ1v) is 8.54. The van der Waals surface area contributed by atoms with Gasteiger partial charge >= 0.3 is 0 Å². The summed E-state index contributed by atoms with van der Waals surface area (Å²) in [5.74, 6) is -0.0456. The summed E-state index contributed by atoms with van der Waals surface area (Å²) in [4.78, 5) is 16.7. The van der Waals surface area contributed by atoms with Crippen molar-refractivity contribution in [1.82, 2.24) is 4.98 Å². The fourth-order valence-electron chi connectivity index (χ4n) is 2.38. The number of aryl methyl sites for hydroxylation is 2. The minimum Gasteiger partial charge on any atom is -0.302 e. The Labute approximate surface area is 141 Å². The lowest BCUT2D eigenvalue weighted by atomic mass is 10.1. The van der Waals surface area contributed by atoms with E-state index in [2.05, 4.69) is 45.3 Å². The SMILES string of the molecule is Cc1cc(C)c2nc(NC(=O)Cc3ccc(Br)cc3)sc2c1. The number of rotatable bonds is 3. The molecule has 1 amide bonds. The minimum absolute atomic E-state index is 0.0456. The first-order chi connectivity index (χ1) is 10.5. The zero-order valence-corrected chi connectivity index (χ0v) is 14.7. The smallest absolute Gasteiger partial charge is 0.230 e. The zero-order chi connectivity index (χ0) is 15.7. The average molecular weight is 375 g/mol. The maximum Gasteiger partial charge on any atom is 0.230 e. The molecule has 0 atom stereocenters. The molecule has 1 N–H and O–H groups in total. The molecule has 0 fully saturated rings. The lowest BCUT2D eigenvalue weighted by molar-refractivity contribution is -0.115. The van der Waals surface area contributed by atoms with Gasteiger partial charge in [0.1, 0.15) is 0 Å². The molecule has 1 heterocycles. The lowest BCUT2D eigenvalue weighted by Crippen LogP contribution is -2.14. The van der Waals surface area contributed by atoms with Crippen LogP contribution in [0.4, 0.5) is 5.13 Å². The third-order valence-electron chi connectivity index (χ3n) is 3.35. The Bertz CT molecular complexity index is 840. The summed E-state index contributed by atoms with van der Waals surface area (Å²) in [6.07, 6.45) is 0.348. The molecule has 0 bridgehead atoms. The van der Waals surface area contributed by atoms with Crippen LogP contribution in [0.2, 0.25) is 0 Å². The van der Waals surface area contributed by atoms with Crippen LogP contribution < -0.4 is 5.32 Å². The highest BCUT2D eigenvalue weighted by Gasteiger charge is 2.10. The van der Waals surface area contributed by atoms with E-state index in [1.165, 1.54) is 16.9 Å². The molecule has 0 aliphatic rings. The number of aromatic nitrogens is 1. The molecule has 0 radical (unpaired) electrons. The predicted molar refractivity (Wildman–Crippen MR) is 95.6 cm³/mol. The van der Waals surface area contributed by atoms with E-state index < -0.39 is 0 Å². The number of thiazole rings is 1. The number of hydrogen-bond donors (Lipinski definition) is 1. The van der Waals surface area contributed by atoms with Gasteiger partial charge in [0, 0.05) is 4.47 Å². The molecule has 112 valence electrons. The van der Waals surface area contributed by atoms with E-state index in [1.807, 2.05) is 31.2 Å². The van der Waals surface area contributed by atoms with E-state index in [0.717, 1.165) is 25.8 Å². The van der Waals surface area contributed by atoms with Gasteiger partial charge in [0.15, 0.2) is 5.13 Å². The number of nitrogens with one attached hydrogen (secondary N) is 1. The van der Waals surface area contributed by atoms with Crippen LogP contribution in [0.15, 0.2) is 40.9 Å². The molecule has 22 heavy (non-hydrogen) atoms. The first kappa shape index (κ1) is 15.2. The van der Waals surface area contributed by atoms with E-state index in [-0.39, 0.29) is 5.91 Å². The molecule has 3 aromatic rings. The Morgan fingerprint density at radius 1 is 1.23 bits per heavy atom. The normalized spacial score (nSPS) is 10.9. The summed E-state index contributed by atoms with van der Waals surface area (Å²) in [5.41, 5.74) is 4.30. The molecule has 0 spiro atoms. The number of fused-ring (bicyclic) bond motifs is 1. The van der Waals surface area contributed by atoms with Gasteiger partial charge in [-0.05, 0) is 48.7 Å². The summed E-state index contributed by atoms with van der Waals surface area (Å²) in [7, 11) is 0. The second-order valence-electron chi connectivity index (χ2n) is 5.30. The highest BCUT2D eigenvalue weighted by Crippen LogP contribution is 2.29. The molecular formula is C17H15BrN2OS. The van der Waals surface area contributed by atoms with Crippen molar-refractivity contribution in [3.63, 3.8) is 0 Å². The molecule has 1 aromatic heterocycles. The summed E-state index contributed by atoms with van der Waals surface area (Å²) in [6.45, 7) is 4.11. The fraction of sp³-hybridized carbons (Fsp3) is 0.176. The van der Waals surface area contributed by atoms with Gasteiger partial charge in [-0.1, -0.05) is 45.5 Å². The van der Waals surface area contributed by atoms with Crippen LogP contribution in [0.3, 0.4) is 0 Å². The van der Waals surface area contributed by atoms with E-state index in [4.69, 9.17) is 0 Å². The van der Waals surface area contributed by atoms with Crippen LogP contribution in [0.1, 0.15) is 16.7 Å². The van der Waals surface area contributed by atoms with Crippen molar-refractivity contribution in [2.24, 2.45) is 0 Å². The quantitative estimate of drug-likeness (QED) is 0.711. The van der Waals surface area contributed by atoms with Crippen molar-refractivity contribution in [3.05, 3.63) is 57.6 Å². The number of anilines is 1. The molecule has 2 aromatic carbocycles. The van der Waals surface area contributed by atoms with Crippen LogP contribution in [-0.4, -0.2) is 10.9 Å². The van der Waals surface area contributed by atoms with Crippen LogP contribution in [-0.2, 0) is 11.2 Å². The molecule has 0 saturated heterocycles. The van der Waals surface area contributed by atoms with Gasteiger partial charge in [0.05, 0.1) is 16.6 Å². The number of carbonyl (C=O) groups is 1. The van der Waals surface area contributed by atoms with Gasteiger partial charge in [-0.2, -0.15) is 0 Å². The largest absolute Gasteiger partial charge is 0.302 e. The number of carbonyl (C=O) groups excluding carboxylic acids is 1. The summed E-state index contributed by atoms with van der Waals surface area (Å²) in [5, 5.41) is 3.56. The van der Waals surface area contributed by atoms with Gasteiger partial charge in [0.25, 0.3) is 0 Å². The molecule has 0 aliphatic carbocycles. The maximum atomic E-state index is 12.1. The van der Waals surface area contributed by atoms with Gasteiger partial charge in [0.2, 0.25) is 5.91 Å². The van der Waals surface area contributed by atoms with Crippen molar-refractivity contribution in [2.75, 3.05) is 5.32 Å². The van der Waals surface area contributed by atoms with Gasteiger partial charge in [-0.25, -0.2) is 4.98 Å². The van der Waals surface area contributed by atoms with Crippen molar-refractivity contribution in [2.45, 2.75) is 20.3 Å². The van der Waals surface area contributed by atoms with Gasteiger partial charge in [-0.3, -0.25) is 4.79 Å². The molecular weight excluding hydrogens is 360 g/mol. The number of benzene rings is 2. The Hall–Kier alpha value is -1.72. The number of amides is 1. The number of halogens is 1. The minimum atomic E-state index is -0.0456. The van der Waals surface area contributed by atoms with E-state index in [1.54, 1.807) is 0 Å². The highest BCUT2D eigenvalue weighted by atomic mass is 79.9. The number of hydrogen-bond acceptors (Lipinski definition) is 3. The Kier molecular flexibility index (Phi) is 4.27. The van der Waals surface area contributed by atoms with Crippen LogP contribution >= 0.6 is 27.3 Å². The Morgan fingerprint density at radius 3 is 2.68 bits per heavy atom. The highest BCUT2D eigenvalue weighted by molar-refractivity contribution is 9.10. The third kappa shape index (κ3) is 3.36. The molecule has 0 unspecified atom stereocenters. The molecule has 0 saturated carbocycles. The van der Waals surface area contributed by atoms with E-state index >= 15 is 0 Å². The monoisotopic (exact) mass is 374 g/mol. The van der Waals surface area contributed by atoms with Crippen molar-refractivity contribution < 1.29 is 4.79 Å².